The van der Waals surface area contributed by atoms with Gasteiger partial charge in [-0.3, -0.25) is 0 Å². The van der Waals surface area contributed by atoms with Crippen molar-refractivity contribution in [2.24, 2.45) is 5.73 Å². The van der Waals surface area contributed by atoms with Crippen LogP contribution in [-0.4, -0.2) is 11.6 Å². The molecule has 2 N–H and O–H groups in total. The van der Waals surface area contributed by atoms with Crippen molar-refractivity contribution in [3.63, 3.8) is 0 Å². The van der Waals surface area contributed by atoms with Crippen molar-refractivity contribution in [1.82, 2.24) is 0 Å². The summed E-state index contributed by atoms with van der Waals surface area (Å²) in [4.78, 5) is 0.314. The van der Waals surface area contributed by atoms with Crippen LogP contribution in [0.2, 0.25) is 5.02 Å². The lowest BCUT2D eigenvalue weighted by molar-refractivity contribution is -0.0497. The number of hydrogen-bond donors (Lipinski definition) is 1. The second-order valence-electron chi connectivity index (χ2n) is 2.79. The SMILES string of the molecule is NC(=S)Cc1ccc(OC(F)F)c(Cl)c1. The topological polar surface area (TPSA) is 35.2 Å². The molecule has 0 radical (unpaired) electrons. The van der Waals surface area contributed by atoms with Gasteiger partial charge in [0.2, 0.25) is 0 Å². The van der Waals surface area contributed by atoms with Crippen LogP contribution in [0.1, 0.15) is 5.56 Å². The van der Waals surface area contributed by atoms with Gasteiger partial charge in [-0.25, -0.2) is 0 Å². The molecular formula is C9H8ClF2NOS. The zero-order valence-electron chi connectivity index (χ0n) is 7.54. The highest BCUT2D eigenvalue weighted by Gasteiger charge is 2.09. The lowest BCUT2D eigenvalue weighted by atomic mass is 10.1. The Bertz CT molecular complexity index is 373. The standard InChI is InChI=1S/C9H8ClF2NOS/c10-6-3-5(4-8(13)15)1-2-7(6)14-9(11)12/h1-3,9H,4H2,(H2,13,15). The molecule has 15 heavy (non-hydrogen) atoms. The van der Waals surface area contributed by atoms with Gasteiger partial charge in [0.05, 0.1) is 10.0 Å². The maximum absolute atomic E-state index is 11.9. The highest BCUT2D eigenvalue weighted by molar-refractivity contribution is 7.80. The Labute approximate surface area is 96.0 Å². The maximum atomic E-state index is 11.9. The molecule has 0 aliphatic heterocycles. The summed E-state index contributed by atoms with van der Waals surface area (Å²) in [7, 11) is 0. The number of nitrogens with two attached hydrogens (primary N) is 1. The minimum atomic E-state index is -2.89. The smallest absolute Gasteiger partial charge is 0.387 e. The van der Waals surface area contributed by atoms with Crippen LogP contribution in [0, 0.1) is 0 Å². The molecule has 1 rings (SSSR count). The van der Waals surface area contributed by atoms with Gasteiger partial charge in [0.1, 0.15) is 5.75 Å². The first-order chi connectivity index (χ1) is 6.99. The predicted octanol–water partition coefficient (Wildman–Crippen LogP) is 2.77. The van der Waals surface area contributed by atoms with Crippen molar-refractivity contribution >= 4 is 28.8 Å². The van der Waals surface area contributed by atoms with Crippen molar-refractivity contribution in [3.8, 4) is 5.75 Å². The molecule has 1 aromatic carbocycles. The van der Waals surface area contributed by atoms with E-state index in [9.17, 15) is 8.78 Å². The van der Waals surface area contributed by atoms with E-state index in [0.29, 0.717) is 11.4 Å². The average molecular weight is 252 g/mol. The molecule has 0 amide bonds. The third kappa shape index (κ3) is 3.97. The molecule has 0 saturated carbocycles. The molecule has 0 aliphatic carbocycles. The molecule has 2 nitrogen and oxygen atoms in total. The van der Waals surface area contributed by atoms with Crippen LogP contribution in [-0.2, 0) is 6.42 Å². The first-order valence-electron chi connectivity index (χ1n) is 4.00. The number of halogens is 3. The predicted molar refractivity (Wildman–Crippen MR) is 58.6 cm³/mol. The van der Waals surface area contributed by atoms with E-state index < -0.39 is 6.61 Å². The highest BCUT2D eigenvalue weighted by Crippen LogP contribution is 2.27. The molecule has 0 fully saturated rings. The zero-order valence-corrected chi connectivity index (χ0v) is 9.12. The Morgan fingerprint density at radius 1 is 1.53 bits per heavy atom. The number of benzene rings is 1. The number of hydrogen-bond acceptors (Lipinski definition) is 2. The van der Waals surface area contributed by atoms with E-state index in [0.717, 1.165) is 5.56 Å². The van der Waals surface area contributed by atoms with Gasteiger partial charge in [-0.1, -0.05) is 29.9 Å². The Kier molecular flexibility index (Phi) is 4.23. The first-order valence-corrected chi connectivity index (χ1v) is 4.79. The summed E-state index contributed by atoms with van der Waals surface area (Å²) in [5, 5.41) is 0.115. The minimum Gasteiger partial charge on any atom is -0.433 e. The molecule has 0 aliphatic rings. The number of thiocarbonyl (C=S) groups is 1. The Balaban J connectivity index is 2.83. The third-order valence-corrected chi connectivity index (χ3v) is 2.03. The zero-order chi connectivity index (χ0) is 11.4. The quantitative estimate of drug-likeness (QED) is 0.836. The van der Waals surface area contributed by atoms with Gasteiger partial charge in [-0.05, 0) is 17.7 Å². The van der Waals surface area contributed by atoms with E-state index in [2.05, 4.69) is 4.74 Å². The van der Waals surface area contributed by atoms with Gasteiger partial charge in [0.25, 0.3) is 0 Å². The third-order valence-electron chi connectivity index (χ3n) is 1.59. The Morgan fingerprint density at radius 2 is 2.20 bits per heavy atom. The summed E-state index contributed by atoms with van der Waals surface area (Å²) >= 11 is 10.4. The van der Waals surface area contributed by atoms with Crippen LogP contribution < -0.4 is 10.5 Å². The van der Waals surface area contributed by atoms with Crippen molar-refractivity contribution in [3.05, 3.63) is 28.8 Å². The van der Waals surface area contributed by atoms with Gasteiger partial charge in [-0.2, -0.15) is 8.78 Å². The van der Waals surface area contributed by atoms with Crippen molar-refractivity contribution in [2.75, 3.05) is 0 Å². The molecule has 1 aromatic rings. The van der Waals surface area contributed by atoms with Crippen molar-refractivity contribution in [2.45, 2.75) is 13.0 Å². The highest BCUT2D eigenvalue weighted by atomic mass is 35.5. The van der Waals surface area contributed by atoms with E-state index >= 15 is 0 Å². The van der Waals surface area contributed by atoms with Crippen LogP contribution in [0.3, 0.4) is 0 Å². The van der Waals surface area contributed by atoms with Gasteiger partial charge in [0.15, 0.2) is 0 Å². The Morgan fingerprint density at radius 3 is 2.67 bits per heavy atom. The summed E-state index contributed by atoms with van der Waals surface area (Å²) < 4.78 is 28.0. The summed E-state index contributed by atoms with van der Waals surface area (Å²) in [5.41, 5.74) is 6.09. The molecule has 0 atom stereocenters. The molecule has 0 unspecified atom stereocenters. The fourth-order valence-electron chi connectivity index (χ4n) is 1.05. The van der Waals surface area contributed by atoms with Gasteiger partial charge >= 0.3 is 6.61 Å². The van der Waals surface area contributed by atoms with Crippen molar-refractivity contribution in [1.29, 1.82) is 0 Å². The largest absolute Gasteiger partial charge is 0.433 e. The fraction of sp³-hybridized carbons (Fsp3) is 0.222. The number of ether oxygens (including phenoxy) is 1. The number of rotatable bonds is 4. The summed E-state index contributed by atoms with van der Waals surface area (Å²) in [5.74, 6) is -0.0571. The molecule has 0 heterocycles. The molecule has 0 saturated heterocycles. The lowest BCUT2D eigenvalue weighted by Gasteiger charge is -2.07. The first kappa shape index (κ1) is 12.1. The molecule has 6 heteroatoms. The van der Waals surface area contributed by atoms with Crippen molar-refractivity contribution < 1.29 is 13.5 Å². The van der Waals surface area contributed by atoms with Gasteiger partial charge < -0.3 is 10.5 Å². The summed E-state index contributed by atoms with van der Waals surface area (Å²) in [6.07, 6.45) is 0.379. The Hall–Kier alpha value is -0.940. The summed E-state index contributed by atoms with van der Waals surface area (Å²) in [6.45, 7) is -2.89. The van der Waals surface area contributed by atoms with Crippen LogP contribution >= 0.6 is 23.8 Å². The van der Waals surface area contributed by atoms with Gasteiger partial charge in [-0.15, -0.1) is 0 Å². The summed E-state index contributed by atoms with van der Waals surface area (Å²) in [6, 6.07) is 4.45. The van der Waals surface area contributed by atoms with E-state index in [1.807, 2.05) is 0 Å². The molecule has 0 bridgehead atoms. The molecule has 82 valence electrons. The van der Waals surface area contributed by atoms with Gasteiger partial charge in [0, 0.05) is 6.42 Å². The van der Waals surface area contributed by atoms with Crippen LogP contribution in [0.15, 0.2) is 18.2 Å². The van der Waals surface area contributed by atoms with Crippen LogP contribution in [0.25, 0.3) is 0 Å². The average Bonchev–Trinajstić information content (AvgIpc) is 2.08. The molecule has 0 spiro atoms. The molecular weight excluding hydrogens is 244 g/mol. The second-order valence-corrected chi connectivity index (χ2v) is 3.72. The molecule has 0 aromatic heterocycles. The van der Waals surface area contributed by atoms with E-state index in [4.69, 9.17) is 29.6 Å². The van der Waals surface area contributed by atoms with Crippen LogP contribution in [0.5, 0.6) is 5.75 Å². The minimum absolute atomic E-state index is 0.0571. The lowest BCUT2D eigenvalue weighted by Crippen LogP contribution is -2.11. The monoisotopic (exact) mass is 251 g/mol. The van der Waals surface area contributed by atoms with Crippen LogP contribution in [0.4, 0.5) is 8.78 Å². The van der Waals surface area contributed by atoms with E-state index in [1.54, 1.807) is 6.07 Å². The van der Waals surface area contributed by atoms with E-state index in [-0.39, 0.29) is 10.8 Å². The fourth-order valence-corrected chi connectivity index (χ4v) is 1.46. The maximum Gasteiger partial charge on any atom is 0.387 e. The number of alkyl halides is 2. The second kappa shape index (κ2) is 5.23. The normalized spacial score (nSPS) is 10.4. The van der Waals surface area contributed by atoms with E-state index in [1.165, 1.54) is 12.1 Å².